The second kappa shape index (κ2) is 8.25. The minimum absolute atomic E-state index is 0.0624. The number of pyridine rings is 1. The quantitative estimate of drug-likeness (QED) is 0.896. The monoisotopic (exact) mass is 361 g/mol. The summed E-state index contributed by atoms with van der Waals surface area (Å²) >= 11 is 0. The molecule has 26 heavy (non-hydrogen) atoms. The SMILES string of the molecule is CN(C)C(=O)Nc1ccc(OC2CCN(C(=O)N3CCCC3)CC2)nc1. The number of aromatic nitrogens is 1. The number of amides is 4. The van der Waals surface area contributed by atoms with Crippen molar-refractivity contribution in [3.8, 4) is 5.88 Å². The Kier molecular flexibility index (Phi) is 5.80. The van der Waals surface area contributed by atoms with Crippen molar-refractivity contribution < 1.29 is 14.3 Å². The maximum Gasteiger partial charge on any atom is 0.321 e. The highest BCUT2D eigenvalue weighted by Crippen LogP contribution is 2.20. The molecule has 142 valence electrons. The van der Waals surface area contributed by atoms with E-state index >= 15 is 0 Å². The predicted molar refractivity (Wildman–Crippen MR) is 98.4 cm³/mol. The number of hydrogen-bond acceptors (Lipinski definition) is 4. The molecule has 1 aromatic heterocycles. The molecule has 0 spiro atoms. The number of nitrogens with one attached hydrogen (secondary N) is 1. The molecule has 8 nitrogen and oxygen atoms in total. The molecule has 1 N–H and O–H groups in total. The smallest absolute Gasteiger partial charge is 0.321 e. The molecule has 1 aromatic rings. The van der Waals surface area contributed by atoms with Gasteiger partial charge in [-0.3, -0.25) is 0 Å². The molecule has 0 radical (unpaired) electrons. The number of urea groups is 2. The molecule has 2 aliphatic rings. The van der Waals surface area contributed by atoms with Gasteiger partial charge in [-0.15, -0.1) is 0 Å². The zero-order valence-corrected chi connectivity index (χ0v) is 15.5. The Hall–Kier alpha value is -2.51. The van der Waals surface area contributed by atoms with Crippen LogP contribution < -0.4 is 10.1 Å². The third-order valence-corrected chi connectivity index (χ3v) is 4.77. The molecule has 3 rings (SSSR count). The van der Waals surface area contributed by atoms with Crippen LogP contribution in [0.4, 0.5) is 15.3 Å². The fraction of sp³-hybridized carbons (Fsp3) is 0.611. The van der Waals surface area contributed by atoms with Gasteiger partial charge in [0.15, 0.2) is 0 Å². The summed E-state index contributed by atoms with van der Waals surface area (Å²) in [7, 11) is 3.36. The third kappa shape index (κ3) is 4.56. The lowest BCUT2D eigenvalue weighted by Gasteiger charge is -2.34. The highest BCUT2D eigenvalue weighted by atomic mass is 16.5. The van der Waals surface area contributed by atoms with Crippen molar-refractivity contribution in [2.75, 3.05) is 45.6 Å². The Morgan fingerprint density at radius 2 is 1.77 bits per heavy atom. The normalized spacial score (nSPS) is 17.9. The van der Waals surface area contributed by atoms with Gasteiger partial charge in [-0.05, 0) is 18.9 Å². The van der Waals surface area contributed by atoms with Gasteiger partial charge < -0.3 is 24.8 Å². The number of carbonyl (C=O) groups is 2. The molecule has 0 atom stereocenters. The molecule has 2 fully saturated rings. The lowest BCUT2D eigenvalue weighted by molar-refractivity contribution is 0.0954. The van der Waals surface area contributed by atoms with E-state index in [1.807, 2.05) is 9.80 Å². The Morgan fingerprint density at radius 3 is 2.35 bits per heavy atom. The molecule has 2 saturated heterocycles. The third-order valence-electron chi connectivity index (χ3n) is 4.77. The first-order valence-electron chi connectivity index (χ1n) is 9.18. The van der Waals surface area contributed by atoms with Gasteiger partial charge in [0.25, 0.3) is 0 Å². The van der Waals surface area contributed by atoms with Gasteiger partial charge in [-0.25, -0.2) is 14.6 Å². The summed E-state index contributed by atoms with van der Waals surface area (Å²) in [6, 6.07) is 3.50. The van der Waals surface area contributed by atoms with Crippen molar-refractivity contribution in [3.63, 3.8) is 0 Å². The van der Waals surface area contributed by atoms with E-state index in [0.29, 0.717) is 11.6 Å². The number of piperidine rings is 1. The van der Waals surface area contributed by atoms with E-state index < -0.39 is 0 Å². The van der Waals surface area contributed by atoms with Crippen molar-refractivity contribution in [3.05, 3.63) is 18.3 Å². The molecule has 4 amide bonds. The van der Waals surface area contributed by atoms with Crippen LogP contribution in [0.3, 0.4) is 0 Å². The highest BCUT2D eigenvalue weighted by Gasteiger charge is 2.28. The highest BCUT2D eigenvalue weighted by molar-refractivity contribution is 5.88. The average Bonchev–Trinajstić information content (AvgIpc) is 3.18. The topological polar surface area (TPSA) is 78.0 Å². The molecular formula is C18H27N5O3. The maximum absolute atomic E-state index is 12.4. The maximum atomic E-state index is 12.4. The van der Waals surface area contributed by atoms with Crippen LogP contribution >= 0.6 is 0 Å². The van der Waals surface area contributed by atoms with Gasteiger partial charge >= 0.3 is 12.1 Å². The molecule has 0 unspecified atom stereocenters. The largest absolute Gasteiger partial charge is 0.474 e. The fourth-order valence-corrected chi connectivity index (χ4v) is 3.20. The molecule has 2 aliphatic heterocycles. The molecular weight excluding hydrogens is 334 g/mol. The second-order valence-corrected chi connectivity index (χ2v) is 6.99. The van der Waals surface area contributed by atoms with Crippen molar-refractivity contribution in [1.29, 1.82) is 0 Å². The first kappa shape index (κ1) is 18.3. The van der Waals surface area contributed by atoms with Crippen LogP contribution in [-0.4, -0.2) is 78.1 Å². The number of carbonyl (C=O) groups excluding carboxylic acids is 2. The van der Waals surface area contributed by atoms with E-state index in [1.165, 1.54) is 4.90 Å². The average molecular weight is 361 g/mol. The molecule has 3 heterocycles. The molecule has 0 aromatic carbocycles. The summed E-state index contributed by atoms with van der Waals surface area (Å²) in [5.74, 6) is 0.539. The number of ether oxygens (including phenoxy) is 1. The molecule has 0 aliphatic carbocycles. The number of hydrogen-bond donors (Lipinski definition) is 1. The van der Waals surface area contributed by atoms with E-state index in [4.69, 9.17) is 4.74 Å². The number of likely N-dealkylation sites (tertiary alicyclic amines) is 2. The lowest BCUT2D eigenvalue weighted by atomic mass is 10.1. The van der Waals surface area contributed by atoms with Crippen molar-refractivity contribution in [2.24, 2.45) is 0 Å². The van der Waals surface area contributed by atoms with Crippen LogP contribution in [-0.2, 0) is 0 Å². The van der Waals surface area contributed by atoms with E-state index in [9.17, 15) is 9.59 Å². The summed E-state index contributed by atoms with van der Waals surface area (Å²) < 4.78 is 5.93. The van der Waals surface area contributed by atoms with Gasteiger partial charge in [0.05, 0.1) is 11.9 Å². The van der Waals surface area contributed by atoms with Gasteiger partial charge in [-0.1, -0.05) is 0 Å². The summed E-state index contributed by atoms with van der Waals surface area (Å²) in [6.07, 6.45) is 5.49. The minimum atomic E-state index is -0.199. The van der Waals surface area contributed by atoms with Crippen molar-refractivity contribution in [1.82, 2.24) is 19.7 Å². The Balaban J connectivity index is 1.45. The van der Waals surface area contributed by atoms with Crippen molar-refractivity contribution in [2.45, 2.75) is 31.8 Å². The Bertz CT molecular complexity index is 620. The number of nitrogens with zero attached hydrogens (tertiary/aromatic N) is 4. The number of anilines is 1. The van der Waals surface area contributed by atoms with Crippen LogP contribution in [0, 0.1) is 0 Å². The standard InChI is InChI=1S/C18H27N5O3/c1-21(2)17(24)20-14-5-6-16(19-13-14)26-15-7-11-23(12-8-15)18(25)22-9-3-4-10-22/h5-6,13,15H,3-4,7-12H2,1-2H3,(H,20,24). The first-order valence-corrected chi connectivity index (χ1v) is 9.18. The number of rotatable bonds is 3. The minimum Gasteiger partial charge on any atom is -0.474 e. The first-order chi connectivity index (χ1) is 12.5. The van der Waals surface area contributed by atoms with Gasteiger partial charge in [0, 0.05) is 59.2 Å². The zero-order valence-electron chi connectivity index (χ0n) is 15.5. The fourth-order valence-electron chi connectivity index (χ4n) is 3.20. The van der Waals surface area contributed by atoms with Crippen LogP contribution in [0.2, 0.25) is 0 Å². The van der Waals surface area contributed by atoms with Crippen LogP contribution in [0.15, 0.2) is 18.3 Å². The van der Waals surface area contributed by atoms with E-state index in [1.54, 1.807) is 32.4 Å². The predicted octanol–water partition coefficient (Wildman–Crippen LogP) is 2.23. The summed E-state index contributed by atoms with van der Waals surface area (Å²) in [5.41, 5.74) is 0.627. The van der Waals surface area contributed by atoms with Crippen LogP contribution in [0.5, 0.6) is 5.88 Å². The molecule has 8 heteroatoms. The summed E-state index contributed by atoms with van der Waals surface area (Å²) in [6.45, 7) is 3.21. The van der Waals surface area contributed by atoms with Crippen LogP contribution in [0.25, 0.3) is 0 Å². The molecule has 0 bridgehead atoms. The van der Waals surface area contributed by atoms with Crippen LogP contribution in [0.1, 0.15) is 25.7 Å². The summed E-state index contributed by atoms with van der Waals surface area (Å²) in [5, 5.41) is 2.74. The molecule has 0 saturated carbocycles. The summed E-state index contributed by atoms with van der Waals surface area (Å²) in [4.78, 5) is 33.6. The van der Waals surface area contributed by atoms with E-state index in [-0.39, 0.29) is 18.2 Å². The van der Waals surface area contributed by atoms with E-state index in [2.05, 4.69) is 10.3 Å². The van der Waals surface area contributed by atoms with Gasteiger partial charge in [-0.2, -0.15) is 0 Å². The Morgan fingerprint density at radius 1 is 1.12 bits per heavy atom. The lowest BCUT2D eigenvalue weighted by Crippen LogP contribution is -2.47. The second-order valence-electron chi connectivity index (χ2n) is 6.99. The van der Waals surface area contributed by atoms with Gasteiger partial charge in [0.1, 0.15) is 6.10 Å². The van der Waals surface area contributed by atoms with E-state index in [0.717, 1.165) is 51.9 Å². The zero-order chi connectivity index (χ0) is 18.5. The van der Waals surface area contributed by atoms with Crippen molar-refractivity contribution >= 4 is 17.7 Å². The van der Waals surface area contributed by atoms with Gasteiger partial charge in [0.2, 0.25) is 5.88 Å². The Labute approximate surface area is 154 Å².